The summed E-state index contributed by atoms with van der Waals surface area (Å²) >= 11 is 0. The van der Waals surface area contributed by atoms with E-state index in [2.05, 4.69) is 0 Å². The van der Waals surface area contributed by atoms with Crippen molar-refractivity contribution in [3.63, 3.8) is 0 Å². The minimum Gasteiger partial charge on any atom is -0.299 e. The lowest BCUT2D eigenvalue weighted by molar-refractivity contribution is -0.127. The Kier molecular flexibility index (Phi) is 3.91. The average Bonchev–Trinajstić information content (AvgIpc) is 2.80. The van der Waals surface area contributed by atoms with Crippen LogP contribution in [0.2, 0.25) is 0 Å². The molecule has 2 aliphatic carbocycles. The maximum Gasteiger partial charge on any atom is 0.150 e. The average molecular weight is 258 g/mol. The number of carbonyl (C=O) groups is 1. The van der Waals surface area contributed by atoms with Gasteiger partial charge < -0.3 is 0 Å². The van der Waals surface area contributed by atoms with E-state index in [4.69, 9.17) is 0 Å². The van der Waals surface area contributed by atoms with Crippen LogP contribution in [0.5, 0.6) is 0 Å². The number of rotatable bonds is 3. The largest absolute Gasteiger partial charge is 0.299 e. The molecule has 2 atom stereocenters. The zero-order chi connectivity index (χ0) is 12.5. The van der Waals surface area contributed by atoms with Crippen molar-refractivity contribution < 1.29 is 13.2 Å². The fourth-order valence-electron chi connectivity index (χ4n) is 3.34. The zero-order valence-electron chi connectivity index (χ0n) is 10.5. The van der Waals surface area contributed by atoms with Gasteiger partial charge in [0, 0.05) is 18.1 Å². The van der Waals surface area contributed by atoms with Crippen LogP contribution in [0.1, 0.15) is 51.4 Å². The normalized spacial score (nSPS) is 31.6. The Morgan fingerprint density at radius 2 is 1.53 bits per heavy atom. The molecule has 0 spiro atoms. The smallest absolute Gasteiger partial charge is 0.150 e. The van der Waals surface area contributed by atoms with E-state index >= 15 is 0 Å². The van der Waals surface area contributed by atoms with Crippen molar-refractivity contribution >= 4 is 15.6 Å². The first-order valence-corrected chi connectivity index (χ1v) is 8.66. The van der Waals surface area contributed by atoms with Crippen LogP contribution in [0, 0.1) is 11.8 Å². The number of carbonyl (C=O) groups excluding carboxylic acids is 1. The Balaban J connectivity index is 1.99. The van der Waals surface area contributed by atoms with Crippen molar-refractivity contribution in [3.05, 3.63) is 0 Å². The van der Waals surface area contributed by atoms with E-state index in [1.807, 2.05) is 0 Å². The standard InChI is InChI=1S/C13H22O3S/c1-17(15,16)12-8-4-7-11(9-12)13(14)10-5-2-3-6-10/h10-12H,2-9H2,1H3. The van der Waals surface area contributed by atoms with Crippen molar-refractivity contribution in [2.24, 2.45) is 11.8 Å². The maximum atomic E-state index is 12.3. The SMILES string of the molecule is CS(=O)(=O)C1CCCC(C(=O)C2CCCC2)C1. The number of hydrogen-bond acceptors (Lipinski definition) is 3. The fourth-order valence-corrected chi connectivity index (χ4v) is 4.51. The Morgan fingerprint density at radius 1 is 0.941 bits per heavy atom. The summed E-state index contributed by atoms with van der Waals surface area (Å²) in [4.78, 5) is 12.3. The maximum absolute atomic E-state index is 12.3. The first kappa shape index (κ1) is 13.1. The molecule has 0 aromatic carbocycles. The van der Waals surface area contributed by atoms with E-state index in [-0.39, 0.29) is 17.1 Å². The first-order valence-electron chi connectivity index (χ1n) is 6.71. The third-order valence-electron chi connectivity index (χ3n) is 4.39. The highest BCUT2D eigenvalue weighted by Gasteiger charge is 2.35. The summed E-state index contributed by atoms with van der Waals surface area (Å²) in [5.41, 5.74) is 0. The molecule has 0 amide bonds. The van der Waals surface area contributed by atoms with Crippen molar-refractivity contribution in [2.75, 3.05) is 6.26 Å². The molecule has 0 N–H and O–H groups in total. The van der Waals surface area contributed by atoms with Gasteiger partial charge in [-0.15, -0.1) is 0 Å². The summed E-state index contributed by atoms with van der Waals surface area (Å²) in [5.74, 6) is 0.612. The molecule has 0 saturated heterocycles. The lowest BCUT2D eigenvalue weighted by Crippen LogP contribution is -2.33. The second-order valence-electron chi connectivity index (χ2n) is 5.70. The van der Waals surface area contributed by atoms with Crippen LogP contribution in [0.4, 0.5) is 0 Å². The van der Waals surface area contributed by atoms with Crippen LogP contribution in [-0.2, 0) is 14.6 Å². The van der Waals surface area contributed by atoms with Gasteiger partial charge in [0.1, 0.15) is 15.6 Å². The fraction of sp³-hybridized carbons (Fsp3) is 0.923. The molecule has 3 nitrogen and oxygen atoms in total. The van der Waals surface area contributed by atoms with Gasteiger partial charge in [-0.2, -0.15) is 0 Å². The van der Waals surface area contributed by atoms with Crippen LogP contribution < -0.4 is 0 Å². The van der Waals surface area contributed by atoms with Gasteiger partial charge in [-0.05, 0) is 32.1 Å². The monoisotopic (exact) mass is 258 g/mol. The molecule has 0 bridgehead atoms. The highest BCUT2D eigenvalue weighted by molar-refractivity contribution is 7.91. The predicted octanol–water partition coefficient (Wildman–Crippen LogP) is 2.35. The Morgan fingerprint density at radius 3 is 2.12 bits per heavy atom. The Hall–Kier alpha value is -0.380. The molecule has 2 rings (SSSR count). The van der Waals surface area contributed by atoms with Crippen LogP contribution >= 0.6 is 0 Å². The summed E-state index contributed by atoms with van der Waals surface area (Å²) in [5, 5.41) is -0.272. The van der Waals surface area contributed by atoms with Crippen molar-refractivity contribution in [1.82, 2.24) is 0 Å². The third-order valence-corrected chi connectivity index (χ3v) is 6.03. The van der Waals surface area contributed by atoms with Gasteiger partial charge in [-0.25, -0.2) is 8.42 Å². The van der Waals surface area contributed by atoms with Gasteiger partial charge in [-0.1, -0.05) is 19.3 Å². The van der Waals surface area contributed by atoms with Crippen molar-refractivity contribution in [3.8, 4) is 0 Å². The lowest BCUT2D eigenvalue weighted by atomic mass is 9.81. The molecular weight excluding hydrogens is 236 g/mol. The highest BCUT2D eigenvalue weighted by Crippen LogP contribution is 2.35. The number of Topliss-reactive ketones (excluding diaryl/α,β-unsaturated/α-hetero) is 1. The number of ketones is 1. The molecule has 2 fully saturated rings. The molecule has 0 aliphatic heterocycles. The molecule has 0 aromatic rings. The molecule has 17 heavy (non-hydrogen) atoms. The summed E-state index contributed by atoms with van der Waals surface area (Å²) in [7, 11) is -2.97. The molecule has 0 heterocycles. The third kappa shape index (κ3) is 3.09. The Labute approximate surface area is 104 Å². The summed E-state index contributed by atoms with van der Waals surface area (Å²) in [6.45, 7) is 0. The first-order chi connectivity index (χ1) is 7.98. The van der Waals surface area contributed by atoms with Crippen LogP contribution in [0.25, 0.3) is 0 Å². The minimum absolute atomic E-state index is 0.0200. The van der Waals surface area contributed by atoms with E-state index in [9.17, 15) is 13.2 Å². The van der Waals surface area contributed by atoms with Crippen LogP contribution in [-0.4, -0.2) is 25.7 Å². The number of hydrogen-bond donors (Lipinski definition) is 0. The lowest BCUT2D eigenvalue weighted by Gasteiger charge is -2.28. The van der Waals surface area contributed by atoms with E-state index in [1.165, 1.54) is 19.1 Å². The topological polar surface area (TPSA) is 51.2 Å². The van der Waals surface area contributed by atoms with E-state index in [0.29, 0.717) is 12.2 Å². The van der Waals surface area contributed by atoms with Crippen molar-refractivity contribution in [1.29, 1.82) is 0 Å². The minimum atomic E-state index is -2.97. The summed E-state index contributed by atoms with van der Waals surface area (Å²) < 4.78 is 23.1. The number of sulfone groups is 1. The second-order valence-corrected chi connectivity index (χ2v) is 8.02. The molecular formula is C13H22O3S. The summed E-state index contributed by atoms with van der Waals surface area (Å²) in [6.07, 6.45) is 8.80. The molecule has 98 valence electrons. The van der Waals surface area contributed by atoms with Gasteiger partial charge in [-0.3, -0.25) is 4.79 Å². The van der Waals surface area contributed by atoms with Crippen molar-refractivity contribution in [2.45, 2.75) is 56.6 Å². The zero-order valence-corrected chi connectivity index (χ0v) is 11.3. The van der Waals surface area contributed by atoms with Gasteiger partial charge >= 0.3 is 0 Å². The van der Waals surface area contributed by atoms with E-state index in [0.717, 1.165) is 32.1 Å². The van der Waals surface area contributed by atoms with Gasteiger partial charge in [0.05, 0.1) is 5.25 Å². The predicted molar refractivity (Wildman–Crippen MR) is 67.6 cm³/mol. The summed E-state index contributed by atoms with van der Waals surface area (Å²) in [6, 6.07) is 0. The Bertz CT molecular complexity index is 379. The quantitative estimate of drug-likeness (QED) is 0.780. The molecule has 2 aliphatic rings. The molecule has 2 unspecified atom stereocenters. The second kappa shape index (κ2) is 5.09. The van der Waals surface area contributed by atoms with E-state index < -0.39 is 9.84 Å². The highest BCUT2D eigenvalue weighted by atomic mass is 32.2. The molecule has 2 saturated carbocycles. The van der Waals surface area contributed by atoms with Gasteiger partial charge in [0.15, 0.2) is 0 Å². The molecule has 4 heteroatoms. The molecule has 0 radical (unpaired) electrons. The van der Waals surface area contributed by atoms with Crippen LogP contribution in [0.15, 0.2) is 0 Å². The molecule has 0 aromatic heterocycles. The van der Waals surface area contributed by atoms with Gasteiger partial charge in [0.25, 0.3) is 0 Å². The van der Waals surface area contributed by atoms with E-state index in [1.54, 1.807) is 0 Å². The van der Waals surface area contributed by atoms with Crippen LogP contribution in [0.3, 0.4) is 0 Å². The van der Waals surface area contributed by atoms with Gasteiger partial charge in [0.2, 0.25) is 0 Å².